The van der Waals surface area contributed by atoms with Crippen LogP contribution in [0.3, 0.4) is 0 Å². The smallest absolute Gasteiger partial charge is 0.262 e. The Kier molecular flexibility index (Phi) is 3.90. The van der Waals surface area contributed by atoms with Crippen LogP contribution < -0.4 is 20.7 Å². The van der Waals surface area contributed by atoms with Gasteiger partial charge in [0.25, 0.3) is 5.91 Å². The van der Waals surface area contributed by atoms with E-state index in [-0.39, 0.29) is 36.5 Å². The number of carbonyl (C=O) groups is 1. The van der Waals surface area contributed by atoms with Gasteiger partial charge in [-0.3, -0.25) is 9.79 Å². The molecule has 18 heavy (non-hydrogen) atoms. The zero-order chi connectivity index (χ0) is 11.7. The molecule has 3 N–H and O–H groups in total. The Morgan fingerprint density at radius 1 is 1.39 bits per heavy atom. The number of anilines is 2. The van der Waals surface area contributed by atoms with Crippen LogP contribution in [-0.4, -0.2) is 31.6 Å². The first kappa shape index (κ1) is 12.9. The lowest BCUT2D eigenvalue weighted by molar-refractivity contribution is -0.118. The molecule has 96 valence electrons. The number of carbonyl (C=O) groups excluding carboxylic acids is 1. The molecule has 0 radical (unpaired) electrons. The maximum atomic E-state index is 11.2. The molecule has 3 rings (SSSR count). The number of benzene rings is 1. The van der Waals surface area contributed by atoms with Crippen LogP contribution in [0.1, 0.15) is 0 Å². The Morgan fingerprint density at radius 3 is 3.06 bits per heavy atom. The molecule has 1 aromatic rings. The summed E-state index contributed by atoms with van der Waals surface area (Å²) in [4.78, 5) is 15.4. The highest BCUT2D eigenvalue weighted by Gasteiger charge is 2.16. The van der Waals surface area contributed by atoms with Gasteiger partial charge in [0.2, 0.25) is 0 Å². The van der Waals surface area contributed by atoms with Crippen molar-refractivity contribution in [1.29, 1.82) is 0 Å². The summed E-state index contributed by atoms with van der Waals surface area (Å²) in [6.45, 7) is 1.72. The summed E-state index contributed by atoms with van der Waals surface area (Å²) < 4.78 is 5.28. The van der Waals surface area contributed by atoms with Crippen LogP contribution in [0.25, 0.3) is 0 Å². The van der Waals surface area contributed by atoms with Gasteiger partial charge in [-0.25, -0.2) is 0 Å². The molecule has 0 saturated heterocycles. The minimum atomic E-state index is -0.133. The van der Waals surface area contributed by atoms with E-state index in [1.807, 2.05) is 18.2 Å². The normalized spacial score (nSPS) is 16.4. The van der Waals surface area contributed by atoms with E-state index in [0.717, 1.165) is 24.7 Å². The van der Waals surface area contributed by atoms with Gasteiger partial charge in [0.05, 0.1) is 12.2 Å². The number of ether oxygens (including phenoxy) is 1. The Labute approximate surface area is 121 Å². The standard InChI is InChI=1S/C11H12N4O2.HI/c16-10-6-17-9-2-1-7(5-8(9)15-10)14-11-12-3-4-13-11;/h1-2,5H,3-4,6H2,(H,15,16)(H2,12,13,14);1H. The van der Waals surface area contributed by atoms with Crippen molar-refractivity contribution in [3.05, 3.63) is 18.2 Å². The first-order chi connectivity index (χ1) is 8.31. The lowest BCUT2D eigenvalue weighted by Crippen LogP contribution is -2.27. The number of rotatable bonds is 1. The molecule has 0 unspecified atom stereocenters. The molecule has 1 amide bonds. The van der Waals surface area contributed by atoms with E-state index < -0.39 is 0 Å². The molecule has 2 aliphatic heterocycles. The molecule has 0 spiro atoms. The van der Waals surface area contributed by atoms with E-state index >= 15 is 0 Å². The highest BCUT2D eigenvalue weighted by Crippen LogP contribution is 2.30. The summed E-state index contributed by atoms with van der Waals surface area (Å²) in [7, 11) is 0. The van der Waals surface area contributed by atoms with Gasteiger partial charge in [-0.2, -0.15) is 0 Å². The van der Waals surface area contributed by atoms with E-state index in [2.05, 4.69) is 20.9 Å². The Balaban J connectivity index is 0.00000120. The number of hydrogen-bond acceptors (Lipinski definition) is 5. The summed E-state index contributed by atoms with van der Waals surface area (Å²) in [5, 5.41) is 9.01. The summed E-state index contributed by atoms with van der Waals surface area (Å²) in [5.41, 5.74) is 1.55. The van der Waals surface area contributed by atoms with Gasteiger partial charge in [0, 0.05) is 12.2 Å². The Bertz CT molecular complexity index is 504. The van der Waals surface area contributed by atoms with Crippen molar-refractivity contribution in [2.45, 2.75) is 0 Å². The summed E-state index contributed by atoms with van der Waals surface area (Å²) in [6.07, 6.45) is 0. The van der Waals surface area contributed by atoms with E-state index in [9.17, 15) is 4.79 Å². The summed E-state index contributed by atoms with van der Waals surface area (Å²) >= 11 is 0. The first-order valence-corrected chi connectivity index (χ1v) is 5.43. The van der Waals surface area contributed by atoms with Gasteiger partial charge in [-0.15, -0.1) is 24.0 Å². The van der Waals surface area contributed by atoms with Crippen molar-refractivity contribution in [3.63, 3.8) is 0 Å². The van der Waals surface area contributed by atoms with Gasteiger partial charge >= 0.3 is 0 Å². The molecule has 2 aliphatic rings. The quantitative estimate of drug-likeness (QED) is 0.654. The number of aliphatic imine (C=N–C) groups is 1. The molecule has 0 bridgehead atoms. The lowest BCUT2D eigenvalue weighted by atomic mass is 10.2. The number of amides is 1. The highest BCUT2D eigenvalue weighted by molar-refractivity contribution is 14.0. The topological polar surface area (TPSA) is 74.8 Å². The third kappa shape index (κ3) is 2.66. The summed E-state index contributed by atoms with van der Waals surface area (Å²) in [6, 6.07) is 5.54. The fourth-order valence-electron chi connectivity index (χ4n) is 1.78. The van der Waals surface area contributed by atoms with E-state index in [4.69, 9.17) is 4.74 Å². The molecule has 0 aliphatic carbocycles. The molecule has 0 saturated carbocycles. The number of nitrogens with one attached hydrogen (secondary N) is 3. The maximum absolute atomic E-state index is 11.2. The Hall–Kier alpha value is -1.51. The second kappa shape index (κ2) is 5.42. The average Bonchev–Trinajstić information content (AvgIpc) is 2.81. The number of nitrogens with zero attached hydrogens (tertiary/aromatic N) is 1. The second-order valence-electron chi connectivity index (χ2n) is 3.83. The molecule has 0 aromatic heterocycles. The number of halogens is 1. The first-order valence-electron chi connectivity index (χ1n) is 5.43. The van der Waals surface area contributed by atoms with Gasteiger partial charge in [0.15, 0.2) is 12.6 Å². The monoisotopic (exact) mass is 360 g/mol. The zero-order valence-corrected chi connectivity index (χ0v) is 11.9. The number of guanidine groups is 1. The van der Waals surface area contributed by atoms with Crippen LogP contribution in [0, 0.1) is 0 Å². The molecule has 0 fully saturated rings. The van der Waals surface area contributed by atoms with Gasteiger partial charge in [-0.1, -0.05) is 0 Å². The number of hydrogen-bond donors (Lipinski definition) is 3. The lowest BCUT2D eigenvalue weighted by Gasteiger charge is -2.18. The van der Waals surface area contributed by atoms with Crippen LogP contribution in [0.5, 0.6) is 5.75 Å². The summed E-state index contributed by atoms with van der Waals surface area (Å²) in [5.74, 6) is 1.32. The van der Waals surface area contributed by atoms with Crippen molar-refractivity contribution in [2.24, 2.45) is 4.99 Å². The fraction of sp³-hybridized carbons (Fsp3) is 0.273. The zero-order valence-electron chi connectivity index (χ0n) is 9.53. The largest absolute Gasteiger partial charge is 0.482 e. The SMILES string of the molecule is I.O=C1COc2ccc(NC3=NCCN3)cc2N1. The van der Waals surface area contributed by atoms with Gasteiger partial charge in [-0.05, 0) is 18.2 Å². The van der Waals surface area contributed by atoms with Crippen LogP contribution in [0.4, 0.5) is 11.4 Å². The third-order valence-corrected chi connectivity index (χ3v) is 2.55. The van der Waals surface area contributed by atoms with Crippen molar-refractivity contribution in [2.75, 3.05) is 30.3 Å². The second-order valence-corrected chi connectivity index (χ2v) is 3.83. The predicted octanol–water partition coefficient (Wildman–Crippen LogP) is 1.01. The van der Waals surface area contributed by atoms with Crippen molar-refractivity contribution in [3.8, 4) is 5.75 Å². The van der Waals surface area contributed by atoms with E-state index in [0.29, 0.717) is 11.4 Å². The highest BCUT2D eigenvalue weighted by atomic mass is 127. The van der Waals surface area contributed by atoms with Crippen LogP contribution in [0.15, 0.2) is 23.2 Å². The molecular formula is C11H13IN4O2. The van der Waals surface area contributed by atoms with Gasteiger partial charge < -0.3 is 20.7 Å². The molecular weight excluding hydrogens is 347 g/mol. The Morgan fingerprint density at radius 2 is 2.28 bits per heavy atom. The van der Waals surface area contributed by atoms with E-state index in [1.54, 1.807) is 0 Å². The van der Waals surface area contributed by atoms with Crippen LogP contribution in [0.2, 0.25) is 0 Å². The average molecular weight is 360 g/mol. The molecule has 7 heteroatoms. The van der Waals surface area contributed by atoms with Gasteiger partial charge in [0.1, 0.15) is 5.75 Å². The molecule has 2 heterocycles. The predicted molar refractivity (Wildman–Crippen MR) is 79.9 cm³/mol. The number of fused-ring (bicyclic) bond motifs is 1. The fourth-order valence-corrected chi connectivity index (χ4v) is 1.78. The minimum Gasteiger partial charge on any atom is -0.482 e. The molecule has 6 nitrogen and oxygen atoms in total. The van der Waals surface area contributed by atoms with Crippen molar-refractivity contribution >= 4 is 47.2 Å². The third-order valence-electron chi connectivity index (χ3n) is 2.55. The maximum Gasteiger partial charge on any atom is 0.262 e. The van der Waals surface area contributed by atoms with E-state index in [1.165, 1.54) is 0 Å². The molecule has 1 aromatic carbocycles. The van der Waals surface area contributed by atoms with Crippen LogP contribution >= 0.6 is 24.0 Å². The molecule has 0 atom stereocenters. The van der Waals surface area contributed by atoms with Crippen molar-refractivity contribution in [1.82, 2.24) is 5.32 Å². The van der Waals surface area contributed by atoms with Crippen LogP contribution in [-0.2, 0) is 4.79 Å². The van der Waals surface area contributed by atoms with Crippen molar-refractivity contribution < 1.29 is 9.53 Å². The minimum absolute atomic E-state index is 0.